The van der Waals surface area contributed by atoms with E-state index in [0.29, 0.717) is 61.6 Å². The van der Waals surface area contributed by atoms with Crippen molar-refractivity contribution < 1.29 is 9.18 Å². The summed E-state index contributed by atoms with van der Waals surface area (Å²) in [4.78, 5) is 43.3. The maximum Gasteiger partial charge on any atom is 0.269 e. The van der Waals surface area contributed by atoms with Crippen LogP contribution >= 0.6 is 0 Å². The zero-order valence-corrected chi connectivity index (χ0v) is 17.5. The molecule has 31 heavy (non-hydrogen) atoms. The smallest absolute Gasteiger partial charge is 0.269 e. The molecule has 0 bridgehead atoms. The number of halogens is 1. The third-order valence-electron chi connectivity index (χ3n) is 5.45. The minimum absolute atomic E-state index is 0.0568. The van der Waals surface area contributed by atoms with Gasteiger partial charge in [0.1, 0.15) is 11.2 Å². The van der Waals surface area contributed by atoms with Crippen LogP contribution in [0, 0.1) is 5.95 Å². The summed E-state index contributed by atoms with van der Waals surface area (Å²) in [6.07, 6.45) is 2.37. The fourth-order valence-corrected chi connectivity index (χ4v) is 3.68. The van der Waals surface area contributed by atoms with Crippen molar-refractivity contribution in [1.29, 1.82) is 0 Å². The van der Waals surface area contributed by atoms with E-state index in [9.17, 15) is 14.0 Å². The molecule has 0 aromatic carbocycles. The van der Waals surface area contributed by atoms with Crippen LogP contribution in [0.1, 0.15) is 28.7 Å². The van der Waals surface area contributed by atoms with Crippen LogP contribution in [0.2, 0.25) is 0 Å². The van der Waals surface area contributed by atoms with Gasteiger partial charge in [-0.3, -0.25) is 19.5 Å². The average molecular weight is 425 g/mol. The van der Waals surface area contributed by atoms with Crippen LogP contribution in [-0.4, -0.2) is 64.0 Å². The van der Waals surface area contributed by atoms with Crippen LogP contribution in [0.15, 0.2) is 29.2 Å². The standard InChI is InChI=1S/C21H24FN7O2/c1-3-13-10-16-19(27-20(13)30)25-14(11-24-16)12-28-6-8-29(9-7-28)17-5-4-15(21(31)23-2)26-18(17)22/h4-5,10-11H,3,6-9,12H2,1-2H3,(H,23,31)(H,25,27,30). The predicted molar refractivity (Wildman–Crippen MR) is 115 cm³/mol. The van der Waals surface area contributed by atoms with Crippen LogP contribution in [0.3, 0.4) is 0 Å². The number of nitrogens with one attached hydrogen (secondary N) is 2. The lowest BCUT2D eigenvalue weighted by molar-refractivity contribution is 0.0957. The Morgan fingerprint density at radius 3 is 2.68 bits per heavy atom. The maximum absolute atomic E-state index is 14.4. The summed E-state index contributed by atoms with van der Waals surface area (Å²) in [5.74, 6) is -1.07. The van der Waals surface area contributed by atoms with Crippen LogP contribution in [0.25, 0.3) is 11.2 Å². The first kappa shape index (κ1) is 20.9. The molecule has 4 rings (SSSR count). The molecule has 0 radical (unpaired) electrons. The van der Waals surface area contributed by atoms with Crippen LogP contribution < -0.4 is 15.8 Å². The highest BCUT2D eigenvalue weighted by molar-refractivity contribution is 5.92. The van der Waals surface area contributed by atoms with E-state index < -0.39 is 11.9 Å². The van der Waals surface area contributed by atoms with Gasteiger partial charge in [-0.1, -0.05) is 6.92 Å². The number of hydrogen-bond donors (Lipinski definition) is 2. The summed E-state index contributed by atoms with van der Waals surface area (Å²) in [6, 6.07) is 4.90. The molecule has 0 saturated carbocycles. The molecule has 0 atom stereocenters. The molecule has 0 unspecified atom stereocenters. The van der Waals surface area contributed by atoms with Gasteiger partial charge in [0, 0.05) is 45.3 Å². The number of aromatic nitrogens is 4. The van der Waals surface area contributed by atoms with Gasteiger partial charge >= 0.3 is 0 Å². The third-order valence-corrected chi connectivity index (χ3v) is 5.45. The van der Waals surface area contributed by atoms with E-state index in [1.807, 2.05) is 11.8 Å². The van der Waals surface area contributed by atoms with Crippen molar-refractivity contribution in [1.82, 2.24) is 30.2 Å². The zero-order valence-electron chi connectivity index (χ0n) is 17.5. The highest BCUT2D eigenvalue weighted by Crippen LogP contribution is 2.20. The summed E-state index contributed by atoms with van der Waals surface area (Å²) < 4.78 is 14.4. The first-order valence-corrected chi connectivity index (χ1v) is 10.2. The minimum Gasteiger partial charge on any atom is -0.365 e. The Morgan fingerprint density at radius 2 is 2.00 bits per heavy atom. The lowest BCUT2D eigenvalue weighted by Gasteiger charge is -2.35. The number of hydrogen-bond acceptors (Lipinski definition) is 7. The van der Waals surface area contributed by atoms with Crippen molar-refractivity contribution in [2.45, 2.75) is 19.9 Å². The zero-order chi connectivity index (χ0) is 22.0. The van der Waals surface area contributed by atoms with Gasteiger partial charge in [0.05, 0.1) is 17.6 Å². The summed E-state index contributed by atoms with van der Waals surface area (Å²) in [6.45, 7) is 5.18. The molecule has 0 spiro atoms. The predicted octanol–water partition coefficient (Wildman–Crippen LogP) is 1.10. The molecule has 2 N–H and O–H groups in total. The molecule has 162 valence electrons. The van der Waals surface area contributed by atoms with Gasteiger partial charge in [-0.2, -0.15) is 4.39 Å². The van der Waals surface area contributed by atoms with Crippen molar-refractivity contribution in [3.05, 3.63) is 57.6 Å². The Hall–Kier alpha value is -3.40. The second-order valence-electron chi connectivity index (χ2n) is 7.42. The monoisotopic (exact) mass is 425 g/mol. The summed E-state index contributed by atoms with van der Waals surface area (Å²) in [5.41, 5.74) is 2.94. The van der Waals surface area contributed by atoms with E-state index in [1.54, 1.807) is 18.3 Å². The van der Waals surface area contributed by atoms with E-state index in [0.717, 1.165) is 5.69 Å². The number of aryl methyl sites for hydroxylation is 1. The molecule has 1 amide bonds. The molecule has 4 heterocycles. The molecule has 1 aliphatic heterocycles. The number of amides is 1. The Balaban J connectivity index is 1.41. The number of piperazine rings is 1. The number of carbonyl (C=O) groups is 1. The molecular weight excluding hydrogens is 401 g/mol. The van der Waals surface area contributed by atoms with Gasteiger partial charge < -0.3 is 15.2 Å². The first-order chi connectivity index (χ1) is 15.0. The number of H-pyrrole nitrogens is 1. The van der Waals surface area contributed by atoms with Crippen molar-refractivity contribution in [2.24, 2.45) is 0 Å². The Labute approximate surface area is 178 Å². The van der Waals surface area contributed by atoms with E-state index in [1.165, 1.54) is 13.1 Å². The summed E-state index contributed by atoms with van der Waals surface area (Å²) in [7, 11) is 1.48. The number of aromatic amines is 1. The fourth-order valence-electron chi connectivity index (χ4n) is 3.68. The van der Waals surface area contributed by atoms with Gasteiger partial charge in [0.25, 0.3) is 11.5 Å². The van der Waals surface area contributed by atoms with E-state index in [2.05, 4.69) is 30.2 Å². The van der Waals surface area contributed by atoms with Crippen molar-refractivity contribution in [2.75, 3.05) is 38.1 Å². The summed E-state index contributed by atoms with van der Waals surface area (Å²) in [5, 5.41) is 2.44. The molecule has 10 heteroatoms. The van der Waals surface area contributed by atoms with Crippen molar-refractivity contribution in [3.63, 3.8) is 0 Å². The molecule has 3 aromatic rings. The van der Waals surface area contributed by atoms with Crippen molar-refractivity contribution >= 4 is 22.8 Å². The normalized spacial score (nSPS) is 14.7. The number of anilines is 1. The largest absolute Gasteiger partial charge is 0.365 e. The Kier molecular flexibility index (Phi) is 5.90. The Morgan fingerprint density at radius 1 is 1.23 bits per heavy atom. The lowest BCUT2D eigenvalue weighted by atomic mass is 10.2. The van der Waals surface area contributed by atoms with E-state index >= 15 is 0 Å². The molecule has 1 fully saturated rings. The molecule has 9 nitrogen and oxygen atoms in total. The topological polar surface area (TPSA) is 107 Å². The quantitative estimate of drug-likeness (QED) is 0.590. The highest BCUT2D eigenvalue weighted by Gasteiger charge is 2.21. The molecule has 0 aliphatic carbocycles. The van der Waals surface area contributed by atoms with Gasteiger partial charge in [0.2, 0.25) is 5.95 Å². The van der Waals surface area contributed by atoms with Crippen molar-refractivity contribution in [3.8, 4) is 0 Å². The first-order valence-electron chi connectivity index (χ1n) is 10.2. The number of carbonyl (C=O) groups excluding carboxylic acids is 1. The van der Waals surface area contributed by atoms with Crippen LogP contribution in [-0.2, 0) is 13.0 Å². The SMILES string of the molecule is CCc1cc2ncc(CN3CCN(c4ccc(C(=O)NC)nc4F)CC3)nc2[nH]c1=O. The highest BCUT2D eigenvalue weighted by atomic mass is 19.1. The molecule has 1 aliphatic rings. The van der Waals surface area contributed by atoms with Crippen LogP contribution in [0.5, 0.6) is 0 Å². The third kappa shape index (κ3) is 4.38. The molecular formula is C21H24FN7O2. The number of rotatable bonds is 5. The number of nitrogens with zero attached hydrogens (tertiary/aromatic N) is 5. The van der Waals surface area contributed by atoms with Crippen LogP contribution in [0.4, 0.5) is 10.1 Å². The number of pyridine rings is 2. The van der Waals surface area contributed by atoms with Gasteiger partial charge in [-0.25, -0.2) is 9.97 Å². The second kappa shape index (κ2) is 8.76. The fraction of sp³-hybridized carbons (Fsp3) is 0.381. The minimum atomic E-state index is -0.648. The summed E-state index contributed by atoms with van der Waals surface area (Å²) >= 11 is 0. The van der Waals surface area contributed by atoms with E-state index in [-0.39, 0.29) is 11.3 Å². The average Bonchev–Trinajstić information content (AvgIpc) is 2.78. The molecule has 3 aromatic heterocycles. The Bertz CT molecular complexity index is 1170. The van der Waals surface area contributed by atoms with E-state index in [4.69, 9.17) is 0 Å². The maximum atomic E-state index is 14.4. The number of fused-ring (bicyclic) bond motifs is 1. The van der Waals surface area contributed by atoms with Gasteiger partial charge in [0.15, 0.2) is 5.65 Å². The van der Waals surface area contributed by atoms with Gasteiger partial charge in [-0.05, 0) is 24.6 Å². The van der Waals surface area contributed by atoms with Gasteiger partial charge in [-0.15, -0.1) is 0 Å². The second-order valence-corrected chi connectivity index (χ2v) is 7.42. The lowest BCUT2D eigenvalue weighted by Crippen LogP contribution is -2.46. The molecule has 1 saturated heterocycles.